The maximum absolute atomic E-state index is 14.4. The minimum atomic E-state index is -1.96. The van der Waals surface area contributed by atoms with Crippen LogP contribution in [-0.2, 0) is 34.7 Å². The zero-order chi connectivity index (χ0) is 37.6. The first kappa shape index (κ1) is 35.3. The number of halogens is 1. The summed E-state index contributed by atoms with van der Waals surface area (Å²) in [5.74, 6) is -0.666. The van der Waals surface area contributed by atoms with Crippen LogP contribution >= 0.6 is 11.6 Å². The van der Waals surface area contributed by atoms with Crippen LogP contribution in [0.15, 0.2) is 127 Å². The van der Waals surface area contributed by atoms with Gasteiger partial charge in [-0.05, 0) is 77.7 Å². The summed E-state index contributed by atoms with van der Waals surface area (Å²) in [5, 5.41) is 22.7. The summed E-state index contributed by atoms with van der Waals surface area (Å²) in [5.41, 5.74) is 3.43. The second kappa shape index (κ2) is 14.2. The molecule has 0 radical (unpaired) electrons. The summed E-state index contributed by atoms with van der Waals surface area (Å²) >= 11 is 6.44. The van der Waals surface area contributed by atoms with E-state index in [0.29, 0.717) is 57.7 Å². The quantitative estimate of drug-likeness (QED) is 0.158. The number of fused-ring (bicyclic) bond motifs is 4. The molecule has 272 valence electrons. The van der Waals surface area contributed by atoms with E-state index >= 15 is 0 Å². The fraction of sp³-hybridized carbons (Fsp3) is 0.205. The molecule has 3 aliphatic rings. The van der Waals surface area contributed by atoms with Crippen LogP contribution in [0.25, 0.3) is 0 Å². The van der Waals surface area contributed by atoms with Gasteiger partial charge in [-0.2, -0.15) is 0 Å². The Kier molecular flexibility index (Phi) is 9.31. The molecule has 5 aromatic rings. The average molecular weight is 740 g/mol. The topological polar surface area (TPSA) is 111 Å². The lowest BCUT2D eigenvalue weighted by molar-refractivity contribution is -0.139. The Morgan fingerprint density at radius 1 is 0.907 bits per heavy atom. The molecule has 3 amide bonds. The number of nitrogens with zero attached hydrogens (tertiary/aromatic N) is 3. The van der Waals surface area contributed by atoms with Gasteiger partial charge in [-0.15, -0.1) is 0 Å². The summed E-state index contributed by atoms with van der Waals surface area (Å²) in [4.78, 5) is 46.7. The van der Waals surface area contributed by atoms with E-state index in [4.69, 9.17) is 16.3 Å². The first-order valence-corrected chi connectivity index (χ1v) is 18.3. The minimum Gasteiger partial charge on any atom is -0.454 e. The van der Waals surface area contributed by atoms with Gasteiger partial charge in [0.05, 0.1) is 36.1 Å². The normalized spacial score (nSPS) is 19.5. The molecule has 10 heteroatoms. The van der Waals surface area contributed by atoms with E-state index in [-0.39, 0.29) is 37.4 Å². The lowest BCUT2D eigenvalue weighted by Crippen LogP contribution is -2.46. The first-order chi connectivity index (χ1) is 26.2. The molecule has 3 atom stereocenters. The van der Waals surface area contributed by atoms with Gasteiger partial charge in [0.25, 0.3) is 11.8 Å². The average Bonchev–Trinajstić information content (AvgIpc) is 3.31. The van der Waals surface area contributed by atoms with Crippen LogP contribution in [0, 0.1) is 5.92 Å². The van der Waals surface area contributed by atoms with Crippen LogP contribution < -0.4 is 14.5 Å². The van der Waals surface area contributed by atoms with Crippen LogP contribution in [0.3, 0.4) is 0 Å². The van der Waals surface area contributed by atoms with Crippen LogP contribution in [-0.4, -0.2) is 45.5 Å². The molecule has 9 nitrogen and oxygen atoms in total. The number of benzene rings is 5. The molecule has 0 spiro atoms. The van der Waals surface area contributed by atoms with Crippen LogP contribution in [0.5, 0.6) is 11.5 Å². The highest BCUT2D eigenvalue weighted by molar-refractivity contribution is 6.31. The number of amides is 3. The number of hydrogen-bond donors (Lipinski definition) is 2. The summed E-state index contributed by atoms with van der Waals surface area (Å²) in [6, 6.07) is 34.5. The van der Waals surface area contributed by atoms with Crippen molar-refractivity contribution >= 4 is 46.4 Å². The van der Waals surface area contributed by atoms with Crippen molar-refractivity contribution in [2.24, 2.45) is 5.92 Å². The molecule has 0 aliphatic carbocycles. The van der Waals surface area contributed by atoms with E-state index in [9.17, 15) is 24.6 Å². The predicted molar refractivity (Wildman–Crippen MR) is 207 cm³/mol. The van der Waals surface area contributed by atoms with E-state index in [0.717, 1.165) is 16.7 Å². The largest absolute Gasteiger partial charge is 0.454 e. The van der Waals surface area contributed by atoms with Gasteiger partial charge in [0.1, 0.15) is 5.75 Å². The number of carbonyl (C=O) groups is 3. The number of aliphatic hydroxyl groups excluding tert-OH is 1. The number of ether oxygens (including phenoxy) is 1. The molecule has 0 aromatic heterocycles. The fourth-order valence-corrected chi connectivity index (χ4v) is 7.96. The maximum Gasteiger partial charge on any atom is 0.266 e. The van der Waals surface area contributed by atoms with Gasteiger partial charge in [-0.3, -0.25) is 19.3 Å². The van der Waals surface area contributed by atoms with Crippen LogP contribution in [0.2, 0.25) is 5.02 Å². The van der Waals surface area contributed by atoms with E-state index in [1.165, 1.54) is 4.90 Å². The van der Waals surface area contributed by atoms with Gasteiger partial charge in [0.2, 0.25) is 5.91 Å². The highest BCUT2D eigenvalue weighted by Crippen LogP contribution is 2.47. The molecule has 0 unspecified atom stereocenters. The summed E-state index contributed by atoms with van der Waals surface area (Å²) < 4.78 is 6.17. The zero-order valence-corrected chi connectivity index (χ0v) is 30.3. The Hall–Kier alpha value is -5.74. The molecule has 2 N–H and O–H groups in total. The van der Waals surface area contributed by atoms with Gasteiger partial charge < -0.3 is 24.7 Å². The lowest BCUT2D eigenvalue weighted by atomic mass is 9.83. The zero-order valence-electron chi connectivity index (χ0n) is 29.6. The Morgan fingerprint density at radius 2 is 1.65 bits per heavy atom. The maximum atomic E-state index is 14.4. The second-order valence-electron chi connectivity index (χ2n) is 13.9. The number of carbonyl (C=O) groups excluding carboxylic acids is 3. The van der Waals surface area contributed by atoms with Gasteiger partial charge >= 0.3 is 0 Å². The highest BCUT2D eigenvalue weighted by atomic mass is 35.5. The molecule has 0 saturated carbocycles. The van der Waals surface area contributed by atoms with E-state index in [2.05, 4.69) is 0 Å². The standard InChI is InChI=1S/C44H38ClN3O6/c1-28(10-8-19-41(50)46-26-31-13-3-2-12-30(31)23-34(46)27-49)44(53)36-24-32(45)20-21-37(36)47(43(44)52)25-29-11-9-14-33(22-29)48-38-16-5-7-18-40(38)54-39-17-6-4-15-35(39)42(48)51/h2-18,20-22,24,28,34,49,53H,19,23,25-27H2,1H3/b10-8+/t28-,34-,44+/m0/s1. The highest BCUT2D eigenvalue weighted by Gasteiger charge is 2.52. The molecular weight excluding hydrogens is 702 g/mol. The van der Waals surface area contributed by atoms with Crippen molar-refractivity contribution in [1.82, 2.24) is 4.90 Å². The molecule has 0 fully saturated rings. The van der Waals surface area contributed by atoms with Crippen LogP contribution in [0.4, 0.5) is 17.1 Å². The molecule has 0 bridgehead atoms. The molecule has 3 heterocycles. The Bertz CT molecular complexity index is 2330. The van der Waals surface area contributed by atoms with Gasteiger partial charge in [0.15, 0.2) is 11.4 Å². The number of hydrogen-bond acceptors (Lipinski definition) is 6. The summed E-state index contributed by atoms with van der Waals surface area (Å²) in [6.45, 7) is 2.11. The van der Waals surface area contributed by atoms with Crippen molar-refractivity contribution in [3.8, 4) is 11.5 Å². The molecule has 5 aromatic carbocycles. The summed E-state index contributed by atoms with van der Waals surface area (Å²) in [7, 11) is 0. The van der Waals surface area contributed by atoms with E-state index in [1.807, 2.05) is 78.9 Å². The van der Waals surface area contributed by atoms with Crippen molar-refractivity contribution in [2.45, 2.75) is 44.5 Å². The van der Waals surface area contributed by atoms with Gasteiger partial charge in [-0.25, -0.2) is 0 Å². The van der Waals surface area contributed by atoms with Gasteiger partial charge in [-0.1, -0.05) is 91.3 Å². The van der Waals surface area contributed by atoms with Crippen molar-refractivity contribution in [2.75, 3.05) is 16.4 Å². The van der Waals surface area contributed by atoms with Crippen molar-refractivity contribution in [3.05, 3.63) is 160 Å². The van der Waals surface area contributed by atoms with Crippen LogP contribution in [0.1, 0.15) is 46.0 Å². The Labute approximate surface area is 318 Å². The van der Waals surface area contributed by atoms with Crippen molar-refractivity contribution in [1.29, 1.82) is 0 Å². The molecule has 8 rings (SSSR count). The Morgan fingerprint density at radius 3 is 2.46 bits per heavy atom. The number of rotatable bonds is 8. The third kappa shape index (κ3) is 6.14. The molecular formula is C44H38ClN3O6. The van der Waals surface area contributed by atoms with Crippen molar-refractivity contribution in [3.63, 3.8) is 0 Å². The lowest BCUT2D eigenvalue weighted by Gasteiger charge is -2.36. The fourth-order valence-electron chi connectivity index (χ4n) is 7.79. The number of anilines is 3. The third-order valence-electron chi connectivity index (χ3n) is 10.6. The smallest absolute Gasteiger partial charge is 0.266 e. The third-order valence-corrected chi connectivity index (χ3v) is 10.9. The molecule has 3 aliphatic heterocycles. The first-order valence-electron chi connectivity index (χ1n) is 17.9. The predicted octanol–water partition coefficient (Wildman–Crippen LogP) is 7.69. The monoisotopic (exact) mass is 739 g/mol. The van der Waals surface area contributed by atoms with Gasteiger partial charge in [0, 0.05) is 35.2 Å². The number of aliphatic hydroxyl groups is 2. The molecule has 0 saturated heterocycles. The molecule has 54 heavy (non-hydrogen) atoms. The second-order valence-corrected chi connectivity index (χ2v) is 14.4. The number of para-hydroxylation sites is 3. The SMILES string of the molecule is C[C@@H](/C=C/CC(=O)N1Cc2ccccc2C[C@H]1CO)[C@]1(O)C(=O)N(Cc2cccc(N3C(=O)c4ccccc4Oc4ccccc43)c2)c2ccc(Cl)cc21. The minimum absolute atomic E-state index is 0.0417. The van der Waals surface area contributed by atoms with E-state index in [1.54, 1.807) is 65.3 Å². The van der Waals surface area contributed by atoms with E-state index < -0.39 is 17.4 Å². The Balaban J connectivity index is 1.05. The van der Waals surface area contributed by atoms with Crippen molar-refractivity contribution < 1.29 is 29.3 Å². The summed E-state index contributed by atoms with van der Waals surface area (Å²) in [6.07, 6.45) is 3.99.